The van der Waals surface area contributed by atoms with Gasteiger partial charge >= 0.3 is 6.09 Å². The van der Waals surface area contributed by atoms with Crippen LogP contribution in [-0.4, -0.2) is 27.0 Å². The van der Waals surface area contributed by atoms with E-state index in [1.807, 2.05) is 24.3 Å². The molecule has 0 radical (unpaired) electrons. The summed E-state index contributed by atoms with van der Waals surface area (Å²) in [5.41, 5.74) is 1.25. The first-order valence-electron chi connectivity index (χ1n) is 6.50. The number of carbonyl (C=O) groups excluding carboxylic acids is 1. The molecule has 1 unspecified atom stereocenters. The highest BCUT2D eigenvalue weighted by molar-refractivity contribution is 8.71. The minimum Gasteiger partial charge on any atom is -0.581 e. The van der Waals surface area contributed by atoms with Crippen LogP contribution in [0.25, 0.3) is 0 Å². The van der Waals surface area contributed by atoms with Crippen LogP contribution in [0.15, 0.2) is 34.3 Å². The predicted molar refractivity (Wildman–Crippen MR) is 95.5 cm³/mol. The number of rotatable bonds is 4. The molecule has 0 aliphatic rings. The minimum atomic E-state index is -1.61. The van der Waals surface area contributed by atoms with Crippen LogP contribution in [-0.2, 0) is 20.6 Å². The van der Waals surface area contributed by atoms with Crippen LogP contribution in [0.3, 0.4) is 0 Å². The molecule has 1 atom stereocenters. The van der Waals surface area contributed by atoms with Crippen LogP contribution >= 0.6 is 23.4 Å². The van der Waals surface area contributed by atoms with E-state index in [4.69, 9.17) is 0 Å². The molecule has 22 heavy (non-hydrogen) atoms. The second-order valence-corrected chi connectivity index (χ2v) is 9.19. The quantitative estimate of drug-likeness (QED) is 0.168. The molecular formula is C14H20N2O3S3. The Bertz CT molecular complexity index is 537. The van der Waals surface area contributed by atoms with Crippen LogP contribution in [0.2, 0.25) is 0 Å². The summed E-state index contributed by atoms with van der Waals surface area (Å²) in [6.45, 7) is 7.95. The van der Waals surface area contributed by atoms with Gasteiger partial charge in [0.2, 0.25) is 0 Å². The second kappa shape index (κ2) is 8.14. The highest BCUT2D eigenvalue weighted by atomic mass is 33.1. The number of amides is 1. The van der Waals surface area contributed by atoms with Crippen molar-refractivity contribution < 1.29 is 14.2 Å². The fraction of sp³-hybridized carbons (Fsp3) is 0.429. The van der Waals surface area contributed by atoms with E-state index in [2.05, 4.69) is 43.4 Å². The normalized spacial score (nSPS) is 13.7. The van der Waals surface area contributed by atoms with E-state index in [0.717, 1.165) is 20.0 Å². The molecule has 0 spiro atoms. The van der Waals surface area contributed by atoms with Crippen molar-refractivity contribution in [1.82, 2.24) is 4.31 Å². The Morgan fingerprint density at radius 2 is 1.91 bits per heavy atom. The highest BCUT2D eigenvalue weighted by Crippen LogP contribution is 2.30. The number of oxime groups is 1. The predicted octanol–water partition coefficient (Wildman–Crippen LogP) is 3.99. The lowest BCUT2D eigenvalue weighted by molar-refractivity contribution is 0.135. The number of carbonyl (C=O) groups is 1. The molecule has 0 aliphatic heterocycles. The zero-order chi connectivity index (χ0) is 16.9. The zero-order valence-corrected chi connectivity index (χ0v) is 15.7. The van der Waals surface area contributed by atoms with Gasteiger partial charge in [0.1, 0.15) is 5.04 Å². The molecule has 0 bridgehead atoms. The SMILES string of the molecule is CC(S)=NOC(=O)N(C)[S+]([O-])Sc1ccc(C(C)(C)C)cc1. The molecule has 0 saturated heterocycles. The van der Waals surface area contributed by atoms with Gasteiger partial charge in [0.25, 0.3) is 0 Å². The average molecular weight is 361 g/mol. The number of hydrogen-bond donors (Lipinski definition) is 1. The van der Waals surface area contributed by atoms with Crippen molar-refractivity contribution in [2.45, 2.75) is 38.0 Å². The molecule has 1 rings (SSSR count). The van der Waals surface area contributed by atoms with E-state index in [9.17, 15) is 9.35 Å². The van der Waals surface area contributed by atoms with Gasteiger partial charge in [-0.2, -0.15) is 0 Å². The number of nitrogens with zero attached hydrogens (tertiary/aromatic N) is 2. The van der Waals surface area contributed by atoms with E-state index in [1.54, 1.807) is 6.92 Å². The Kier molecular flexibility index (Phi) is 7.11. The Hall–Kier alpha value is -0.830. The zero-order valence-electron chi connectivity index (χ0n) is 13.2. The van der Waals surface area contributed by atoms with Crippen LogP contribution in [0, 0.1) is 0 Å². The summed E-state index contributed by atoms with van der Waals surface area (Å²) < 4.78 is 13.1. The summed E-state index contributed by atoms with van der Waals surface area (Å²) >= 11 is 3.88. The summed E-state index contributed by atoms with van der Waals surface area (Å²) in [4.78, 5) is 17.0. The summed E-state index contributed by atoms with van der Waals surface area (Å²) in [7, 11) is 0.844. The topological polar surface area (TPSA) is 65.0 Å². The van der Waals surface area contributed by atoms with Crippen LogP contribution in [0.1, 0.15) is 33.3 Å². The first-order valence-corrected chi connectivity index (χ1v) is 9.39. The molecule has 5 nitrogen and oxygen atoms in total. The van der Waals surface area contributed by atoms with E-state index in [1.165, 1.54) is 12.6 Å². The van der Waals surface area contributed by atoms with E-state index < -0.39 is 16.5 Å². The van der Waals surface area contributed by atoms with Crippen molar-refractivity contribution in [3.05, 3.63) is 29.8 Å². The lowest BCUT2D eigenvalue weighted by atomic mass is 9.87. The molecule has 0 heterocycles. The first-order chi connectivity index (χ1) is 10.1. The maximum absolute atomic E-state index is 12.1. The molecule has 1 amide bonds. The smallest absolute Gasteiger partial charge is 0.478 e. The van der Waals surface area contributed by atoms with Crippen molar-refractivity contribution in [1.29, 1.82) is 0 Å². The van der Waals surface area contributed by atoms with Gasteiger partial charge in [0.15, 0.2) is 21.2 Å². The van der Waals surface area contributed by atoms with Gasteiger partial charge in [0.05, 0.1) is 11.9 Å². The second-order valence-electron chi connectivity index (χ2n) is 5.57. The first kappa shape index (κ1) is 19.2. The van der Waals surface area contributed by atoms with Crippen LogP contribution in [0.4, 0.5) is 4.79 Å². The fourth-order valence-corrected chi connectivity index (χ4v) is 3.44. The summed E-state index contributed by atoms with van der Waals surface area (Å²) in [5, 5.41) is 3.72. The third kappa shape index (κ3) is 6.12. The maximum Gasteiger partial charge on any atom is 0.478 e. The third-order valence-corrected chi connectivity index (χ3v) is 5.59. The molecule has 0 N–H and O–H groups in total. The molecule has 1 aromatic rings. The minimum absolute atomic E-state index is 0.0612. The lowest BCUT2D eigenvalue weighted by Crippen LogP contribution is -2.30. The van der Waals surface area contributed by atoms with E-state index in [-0.39, 0.29) is 5.41 Å². The molecular weight excluding hydrogens is 340 g/mol. The number of thiol groups is 1. The van der Waals surface area contributed by atoms with Gasteiger partial charge in [-0.1, -0.05) is 38.1 Å². The van der Waals surface area contributed by atoms with E-state index in [0.29, 0.717) is 5.04 Å². The summed E-state index contributed by atoms with van der Waals surface area (Å²) in [6.07, 6.45) is -0.800. The van der Waals surface area contributed by atoms with Crippen molar-refractivity contribution in [3.8, 4) is 0 Å². The Balaban J connectivity index is 2.66. The third-order valence-electron chi connectivity index (χ3n) is 2.62. The molecule has 8 heteroatoms. The molecule has 0 aliphatic carbocycles. The van der Waals surface area contributed by atoms with E-state index >= 15 is 0 Å². The molecule has 1 aromatic carbocycles. The van der Waals surface area contributed by atoms with Gasteiger partial charge < -0.3 is 4.55 Å². The fourth-order valence-electron chi connectivity index (χ4n) is 1.37. The molecule has 0 fully saturated rings. The highest BCUT2D eigenvalue weighted by Gasteiger charge is 2.26. The molecule has 0 aromatic heterocycles. The van der Waals surface area contributed by atoms with Crippen molar-refractivity contribution in [3.63, 3.8) is 0 Å². The molecule has 0 saturated carbocycles. The Labute approximate surface area is 143 Å². The van der Waals surface area contributed by atoms with Gasteiger partial charge in [-0.3, -0.25) is 4.84 Å². The Morgan fingerprint density at radius 1 is 1.36 bits per heavy atom. The number of benzene rings is 1. The standard InChI is InChI=1S/C14H20N2O3S3/c1-10(20)15-19-13(17)16(5)22(18)21-12-8-6-11(7-9-12)14(2,3)4/h6-9H,1-5H3,(H,15,20). The van der Waals surface area contributed by atoms with Crippen LogP contribution < -0.4 is 0 Å². The van der Waals surface area contributed by atoms with Crippen LogP contribution in [0.5, 0.6) is 0 Å². The Morgan fingerprint density at radius 3 is 2.36 bits per heavy atom. The maximum atomic E-state index is 12.1. The number of hydrogen-bond acceptors (Lipinski definition) is 5. The van der Waals surface area contributed by atoms with Gasteiger partial charge in [-0.15, -0.1) is 16.9 Å². The monoisotopic (exact) mass is 360 g/mol. The summed E-state index contributed by atoms with van der Waals surface area (Å²) in [6, 6.07) is 7.76. The van der Waals surface area contributed by atoms with Gasteiger partial charge in [-0.05, 0) is 30.0 Å². The summed E-state index contributed by atoms with van der Waals surface area (Å²) in [5.74, 6) is 0. The van der Waals surface area contributed by atoms with Gasteiger partial charge in [-0.25, -0.2) is 4.79 Å². The average Bonchev–Trinajstić information content (AvgIpc) is 2.43. The van der Waals surface area contributed by atoms with Crippen molar-refractivity contribution in [2.24, 2.45) is 5.16 Å². The lowest BCUT2D eigenvalue weighted by Gasteiger charge is -2.19. The largest absolute Gasteiger partial charge is 0.581 e. The van der Waals surface area contributed by atoms with Crippen molar-refractivity contribution >= 4 is 45.0 Å². The van der Waals surface area contributed by atoms with Crippen molar-refractivity contribution in [2.75, 3.05) is 7.05 Å². The molecule has 122 valence electrons. The van der Waals surface area contributed by atoms with Gasteiger partial charge in [0, 0.05) is 0 Å².